The van der Waals surface area contributed by atoms with Gasteiger partial charge in [0.25, 0.3) is 0 Å². The molecular formula is C20H25ClF2N2O3. The second kappa shape index (κ2) is 11.5. The van der Waals surface area contributed by atoms with Crippen molar-refractivity contribution in [1.29, 1.82) is 0 Å². The van der Waals surface area contributed by atoms with Gasteiger partial charge >= 0.3 is 6.61 Å². The molecule has 0 aliphatic rings. The Morgan fingerprint density at radius 2 is 1.86 bits per heavy atom. The van der Waals surface area contributed by atoms with Gasteiger partial charge in [0.05, 0.1) is 6.61 Å². The van der Waals surface area contributed by atoms with Gasteiger partial charge < -0.3 is 20.5 Å². The highest BCUT2D eigenvalue weighted by Gasteiger charge is 2.17. The third-order valence-electron chi connectivity index (χ3n) is 3.90. The molecule has 0 fully saturated rings. The first-order valence-corrected chi connectivity index (χ1v) is 8.71. The molecule has 1 atom stereocenters. The third kappa shape index (κ3) is 6.98. The molecule has 0 aliphatic carbocycles. The Bertz CT molecular complexity index is 758. The predicted molar refractivity (Wildman–Crippen MR) is 106 cm³/mol. The number of halogens is 3. The van der Waals surface area contributed by atoms with E-state index in [4.69, 9.17) is 10.5 Å². The van der Waals surface area contributed by atoms with E-state index in [9.17, 15) is 13.6 Å². The van der Waals surface area contributed by atoms with E-state index in [2.05, 4.69) is 10.1 Å². The molecule has 154 valence electrons. The fraction of sp³-hybridized carbons (Fsp3) is 0.350. The smallest absolute Gasteiger partial charge is 0.387 e. The fourth-order valence-electron chi connectivity index (χ4n) is 2.41. The van der Waals surface area contributed by atoms with Crippen LogP contribution >= 0.6 is 12.4 Å². The summed E-state index contributed by atoms with van der Waals surface area (Å²) in [6, 6.07) is 11.1. The fourth-order valence-corrected chi connectivity index (χ4v) is 2.41. The number of nitrogens with one attached hydrogen (secondary N) is 1. The maximum atomic E-state index is 12.7. The van der Waals surface area contributed by atoms with Crippen LogP contribution in [0.15, 0.2) is 42.5 Å². The van der Waals surface area contributed by atoms with Gasteiger partial charge in [-0.2, -0.15) is 8.78 Å². The highest BCUT2D eigenvalue weighted by atomic mass is 35.5. The first-order valence-electron chi connectivity index (χ1n) is 8.71. The maximum Gasteiger partial charge on any atom is 0.387 e. The van der Waals surface area contributed by atoms with Gasteiger partial charge in [-0.1, -0.05) is 36.8 Å². The average molecular weight is 415 g/mol. The van der Waals surface area contributed by atoms with Crippen molar-refractivity contribution < 1.29 is 23.0 Å². The Morgan fingerprint density at radius 1 is 1.18 bits per heavy atom. The van der Waals surface area contributed by atoms with Crippen LogP contribution < -0.4 is 20.5 Å². The first-order chi connectivity index (χ1) is 12.9. The van der Waals surface area contributed by atoms with Crippen molar-refractivity contribution in [1.82, 2.24) is 5.32 Å². The van der Waals surface area contributed by atoms with Crippen LogP contribution in [0.4, 0.5) is 8.78 Å². The lowest BCUT2D eigenvalue weighted by Crippen LogP contribution is -2.33. The Morgan fingerprint density at radius 3 is 2.46 bits per heavy atom. The van der Waals surface area contributed by atoms with Gasteiger partial charge in [0.15, 0.2) is 0 Å². The van der Waals surface area contributed by atoms with E-state index in [0.29, 0.717) is 23.5 Å². The number of hydrogen-bond acceptors (Lipinski definition) is 4. The van der Waals surface area contributed by atoms with Crippen LogP contribution in [0.1, 0.15) is 36.1 Å². The minimum absolute atomic E-state index is 0. The second-order valence-electron chi connectivity index (χ2n) is 6.10. The molecule has 2 aromatic rings. The summed E-state index contributed by atoms with van der Waals surface area (Å²) in [5, 5.41) is 2.66. The minimum atomic E-state index is -2.98. The molecule has 0 heterocycles. The number of carbonyl (C=O) groups is 1. The highest BCUT2D eigenvalue weighted by molar-refractivity contribution is 5.85. The zero-order chi connectivity index (χ0) is 19.8. The van der Waals surface area contributed by atoms with Crippen LogP contribution in [0.3, 0.4) is 0 Å². The topological polar surface area (TPSA) is 73.6 Å². The van der Waals surface area contributed by atoms with Gasteiger partial charge in [-0.05, 0) is 31.0 Å². The van der Waals surface area contributed by atoms with Crippen molar-refractivity contribution in [2.45, 2.75) is 39.5 Å². The molecule has 0 bridgehead atoms. The van der Waals surface area contributed by atoms with Crippen LogP contribution in [-0.4, -0.2) is 19.1 Å². The van der Waals surface area contributed by atoms with Crippen LogP contribution in [0.5, 0.6) is 11.5 Å². The van der Waals surface area contributed by atoms with Crippen molar-refractivity contribution in [3.63, 3.8) is 0 Å². The molecule has 0 aromatic heterocycles. The average Bonchev–Trinajstić information content (AvgIpc) is 2.65. The van der Waals surface area contributed by atoms with E-state index >= 15 is 0 Å². The molecule has 0 radical (unpaired) electrons. The van der Waals surface area contributed by atoms with Gasteiger partial charge in [-0.3, -0.25) is 4.79 Å². The Balaban J connectivity index is 0.00000392. The molecule has 0 aliphatic heterocycles. The lowest BCUT2D eigenvalue weighted by Gasteiger charge is -2.16. The minimum Gasteiger partial charge on any atom is -0.493 e. The first kappa shape index (κ1) is 23.7. The summed E-state index contributed by atoms with van der Waals surface area (Å²) in [6.07, 6.45) is 0.791. The quantitative estimate of drug-likeness (QED) is 0.647. The molecule has 1 unspecified atom stereocenters. The van der Waals surface area contributed by atoms with Gasteiger partial charge in [-0.25, -0.2) is 0 Å². The number of nitrogens with two attached hydrogens (primary N) is 1. The van der Waals surface area contributed by atoms with Gasteiger partial charge in [0, 0.05) is 18.2 Å². The molecule has 0 spiro atoms. The normalized spacial score (nSPS) is 11.5. The van der Waals surface area contributed by atoms with E-state index < -0.39 is 18.6 Å². The van der Waals surface area contributed by atoms with E-state index in [1.165, 1.54) is 6.07 Å². The number of hydrogen-bond donors (Lipinski definition) is 2. The lowest BCUT2D eigenvalue weighted by molar-refractivity contribution is -0.122. The van der Waals surface area contributed by atoms with Crippen molar-refractivity contribution in [3.05, 3.63) is 59.2 Å². The van der Waals surface area contributed by atoms with Gasteiger partial charge in [0.2, 0.25) is 5.91 Å². The van der Waals surface area contributed by atoms with Crippen LogP contribution in [-0.2, 0) is 11.3 Å². The Labute approximate surface area is 169 Å². The van der Waals surface area contributed by atoms with E-state index in [-0.39, 0.29) is 24.7 Å². The van der Waals surface area contributed by atoms with Crippen LogP contribution in [0.2, 0.25) is 0 Å². The summed E-state index contributed by atoms with van der Waals surface area (Å²) in [5.41, 5.74) is 8.11. The summed E-state index contributed by atoms with van der Waals surface area (Å²) in [7, 11) is 0. The van der Waals surface area contributed by atoms with Crippen LogP contribution in [0.25, 0.3) is 0 Å². The predicted octanol–water partition coefficient (Wildman–Crippen LogP) is 4.12. The number of aryl methyl sites for hydroxylation is 1. The van der Waals surface area contributed by atoms with E-state index in [0.717, 1.165) is 12.0 Å². The summed E-state index contributed by atoms with van der Waals surface area (Å²) < 4.78 is 35.4. The van der Waals surface area contributed by atoms with Crippen molar-refractivity contribution >= 4 is 18.3 Å². The zero-order valence-corrected chi connectivity index (χ0v) is 16.6. The molecule has 5 nitrogen and oxygen atoms in total. The van der Waals surface area contributed by atoms with Crippen molar-refractivity contribution in [3.8, 4) is 11.5 Å². The number of carbonyl (C=O) groups excluding carboxylic acids is 1. The van der Waals surface area contributed by atoms with Crippen molar-refractivity contribution in [2.24, 2.45) is 5.73 Å². The molecule has 3 N–H and O–H groups in total. The number of benzene rings is 2. The number of amides is 1. The summed E-state index contributed by atoms with van der Waals surface area (Å²) in [5.74, 6) is -0.0186. The molecule has 2 rings (SSSR count). The molecule has 2 aromatic carbocycles. The lowest BCUT2D eigenvalue weighted by atomic mass is 10.1. The number of ether oxygens (including phenoxy) is 2. The third-order valence-corrected chi connectivity index (χ3v) is 3.90. The molecule has 1 amide bonds. The van der Waals surface area contributed by atoms with E-state index in [1.807, 2.05) is 26.0 Å². The van der Waals surface area contributed by atoms with Crippen LogP contribution in [0, 0.1) is 6.92 Å². The largest absolute Gasteiger partial charge is 0.493 e. The van der Waals surface area contributed by atoms with Gasteiger partial charge in [0.1, 0.15) is 17.5 Å². The number of alkyl halides is 2. The highest BCUT2D eigenvalue weighted by Crippen LogP contribution is 2.27. The molecule has 0 saturated heterocycles. The Hall–Kier alpha value is -2.38. The summed E-state index contributed by atoms with van der Waals surface area (Å²) in [4.78, 5) is 12.3. The summed E-state index contributed by atoms with van der Waals surface area (Å²) in [6.45, 7) is 1.38. The summed E-state index contributed by atoms with van der Waals surface area (Å²) >= 11 is 0. The second-order valence-corrected chi connectivity index (χ2v) is 6.10. The SMILES string of the molecule is CCCOc1ccc(CNC(=O)C(N)c2ccc(C)cc2)c(OC(F)F)c1.Cl. The maximum absolute atomic E-state index is 12.7. The molecule has 28 heavy (non-hydrogen) atoms. The monoisotopic (exact) mass is 414 g/mol. The van der Waals surface area contributed by atoms with Crippen molar-refractivity contribution in [2.75, 3.05) is 6.61 Å². The molecule has 8 heteroatoms. The van der Waals surface area contributed by atoms with Gasteiger partial charge in [-0.15, -0.1) is 12.4 Å². The zero-order valence-electron chi connectivity index (χ0n) is 15.8. The molecule has 0 saturated carbocycles. The standard InChI is InChI=1S/C20H24F2N2O3.ClH/c1-3-10-26-16-9-8-15(17(11-16)27-20(21)22)12-24-19(25)18(23)14-6-4-13(2)5-7-14;/h4-9,11,18,20H,3,10,12,23H2,1-2H3,(H,24,25);1H. The van der Waals surface area contributed by atoms with E-state index in [1.54, 1.807) is 24.3 Å². The molecular weight excluding hydrogens is 390 g/mol. The number of rotatable bonds is 9. The Kier molecular flexibility index (Phi) is 9.68.